The van der Waals surface area contributed by atoms with Crippen LogP contribution in [0.4, 0.5) is 0 Å². The Hall–Kier alpha value is -0.610. The molecule has 1 N–H and O–H groups in total. The van der Waals surface area contributed by atoms with Gasteiger partial charge < -0.3 is 15.1 Å². The zero-order valence-corrected chi connectivity index (χ0v) is 13.9. The first-order valence-electron chi connectivity index (χ1n) is 8.87. The van der Waals surface area contributed by atoms with Gasteiger partial charge in [-0.2, -0.15) is 0 Å². The predicted octanol–water partition coefficient (Wildman–Crippen LogP) is 2.10. The normalized spacial score (nSPS) is 27.8. The van der Waals surface area contributed by atoms with Gasteiger partial charge in [0.05, 0.1) is 0 Å². The molecule has 2 aliphatic rings. The molecule has 0 spiro atoms. The highest BCUT2D eigenvalue weighted by Gasteiger charge is 2.27. The molecule has 1 amide bonds. The van der Waals surface area contributed by atoms with Crippen molar-refractivity contribution in [2.45, 2.75) is 57.9 Å². The largest absolute Gasteiger partial charge is 0.342 e. The van der Waals surface area contributed by atoms with E-state index in [4.69, 9.17) is 0 Å². The number of carbonyl (C=O) groups is 1. The minimum absolute atomic E-state index is 0.363. The van der Waals surface area contributed by atoms with Crippen LogP contribution in [0.3, 0.4) is 0 Å². The molecule has 2 rings (SSSR count). The molecule has 0 aromatic carbocycles. The van der Waals surface area contributed by atoms with E-state index < -0.39 is 0 Å². The van der Waals surface area contributed by atoms with Gasteiger partial charge in [-0.15, -0.1) is 0 Å². The first-order valence-corrected chi connectivity index (χ1v) is 8.87. The molecule has 0 radical (unpaired) electrons. The fourth-order valence-electron chi connectivity index (χ4n) is 3.78. The van der Waals surface area contributed by atoms with Crippen LogP contribution in [-0.2, 0) is 4.79 Å². The Morgan fingerprint density at radius 1 is 1.19 bits per heavy atom. The number of likely N-dealkylation sites (tertiary alicyclic amines) is 2. The lowest BCUT2D eigenvalue weighted by atomic mass is 9.94. The lowest BCUT2D eigenvalue weighted by Gasteiger charge is -2.39. The molecule has 0 aromatic heterocycles. The molecule has 2 unspecified atom stereocenters. The van der Waals surface area contributed by atoms with E-state index in [1.54, 1.807) is 0 Å². The second-order valence-corrected chi connectivity index (χ2v) is 6.89. The molecule has 0 bridgehead atoms. The summed E-state index contributed by atoms with van der Waals surface area (Å²) in [5.41, 5.74) is 0. The Balaban J connectivity index is 1.76. The van der Waals surface area contributed by atoms with Gasteiger partial charge in [0.25, 0.3) is 0 Å². The average molecular weight is 295 g/mol. The number of nitrogens with zero attached hydrogens (tertiary/aromatic N) is 2. The van der Waals surface area contributed by atoms with Crippen LogP contribution >= 0.6 is 0 Å². The minimum atomic E-state index is 0.363. The summed E-state index contributed by atoms with van der Waals surface area (Å²) in [4.78, 5) is 17.0. The summed E-state index contributed by atoms with van der Waals surface area (Å²) in [5.74, 6) is 1.05. The Kier molecular flexibility index (Phi) is 6.97. The van der Waals surface area contributed by atoms with Crippen molar-refractivity contribution < 1.29 is 4.79 Å². The van der Waals surface area contributed by atoms with Crippen LogP contribution in [0.2, 0.25) is 0 Å². The van der Waals surface area contributed by atoms with Gasteiger partial charge in [0.15, 0.2) is 0 Å². The minimum Gasteiger partial charge on any atom is -0.342 e. The van der Waals surface area contributed by atoms with E-state index >= 15 is 0 Å². The molecule has 122 valence electrons. The maximum Gasteiger partial charge on any atom is 0.222 e. The summed E-state index contributed by atoms with van der Waals surface area (Å²) < 4.78 is 0. The number of rotatable bonds is 6. The van der Waals surface area contributed by atoms with Crippen molar-refractivity contribution in [2.75, 3.05) is 39.8 Å². The molecule has 2 aliphatic heterocycles. The van der Waals surface area contributed by atoms with E-state index in [1.165, 1.54) is 45.2 Å². The Labute approximate surface area is 130 Å². The van der Waals surface area contributed by atoms with Crippen LogP contribution in [0.25, 0.3) is 0 Å². The molecule has 2 heterocycles. The molecule has 2 saturated heterocycles. The topological polar surface area (TPSA) is 35.6 Å². The molecule has 2 atom stereocenters. The lowest BCUT2D eigenvalue weighted by molar-refractivity contribution is -0.133. The molecular weight excluding hydrogens is 262 g/mol. The molecular formula is C17H33N3O. The highest BCUT2D eigenvalue weighted by molar-refractivity contribution is 5.76. The summed E-state index contributed by atoms with van der Waals surface area (Å²) in [5, 5.41) is 3.12. The maximum atomic E-state index is 12.3. The van der Waals surface area contributed by atoms with Crippen molar-refractivity contribution in [3.05, 3.63) is 0 Å². The van der Waals surface area contributed by atoms with Gasteiger partial charge in [-0.3, -0.25) is 4.79 Å². The van der Waals surface area contributed by atoms with Crippen molar-refractivity contribution in [3.8, 4) is 0 Å². The molecule has 4 nitrogen and oxygen atoms in total. The van der Waals surface area contributed by atoms with Gasteiger partial charge in [-0.05, 0) is 65.1 Å². The van der Waals surface area contributed by atoms with Gasteiger partial charge in [-0.25, -0.2) is 0 Å². The lowest BCUT2D eigenvalue weighted by Crippen LogP contribution is -2.46. The van der Waals surface area contributed by atoms with Gasteiger partial charge in [-0.1, -0.05) is 6.42 Å². The standard InChI is InChI=1S/C17H33N3O/c1-15-7-3-4-11-19(15)13-16-8-6-12-20(14-16)17(21)9-5-10-18-2/h15-16,18H,3-14H2,1-2H3. The van der Waals surface area contributed by atoms with Gasteiger partial charge >= 0.3 is 0 Å². The first kappa shape index (κ1) is 16.8. The Bertz CT molecular complexity index is 321. The molecule has 0 saturated carbocycles. The second-order valence-electron chi connectivity index (χ2n) is 6.89. The highest BCUT2D eigenvalue weighted by atomic mass is 16.2. The van der Waals surface area contributed by atoms with Crippen LogP contribution < -0.4 is 5.32 Å². The molecule has 0 aliphatic carbocycles. The Morgan fingerprint density at radius 3 is 2.81 bits per heavy atom. The fraction of sp³-hybridized carbons (Fsp3) is 0.941. The smallest absolute Gasteiger partial charge is 0.222 e. The number of amides is 1. The van der Waals surface area contributed by atoms with Crippen molar-refractivity contribution >= 4 is 5.91 Å². The van der Waals surface area contributed by atoms with E-state index in [1.807, 2.05) is 7.05 Å². The summed E-state index contributed by atoms with van der Waals surface area (Å²) in [6.45, 7) is 7.72. The van der Waals surface area contributed by atoms with E-state index in [-0.39, 0.29) is 0 Å². The van der Waals surface area contributed by atoms with Crippen LogP contribution in [0.5, 0.6) is 0 Å². The third-order valence-corrected chi connectivity index (χ3v) is 5.12. The van der Waals surface area contributed by atoms with Gasteiger partial charge in [0, 0.05) is 32.1 Å². The summed E-state index contributed by atoms with van der Waals surface area (Å²) in [6, 6.07) is 0.737. The number of carbonyl (C=O) groups excluding carboxylic acids is 1. The average Bonchev–Trinajstić information content (AvgIpc) is 2.50. The SMILES string of the molecule is CNCCCC(=O)N1CCCC(CN2CCCCC2C)C1. The predicted molar refractivity (Wildman–Crippen MR) is 87.4 cm³/mol. The van der Waals surface area contributed by atoms with Crippen LogP contribution in [0.1, 0.15) is 51.9 Å². The molecule has 0 aromatic rings. The zero-order chi connectivity index (χ0) is 15.1. The summed E-state index contributed by atoms with van der Waals surface area (Å²) >= 11 is 0. The third kappa shape index (κ3) is 5.26. The fourth-order valence-corrected chi connectivity index (χ4v) is 3.78. The van der Waals surface area contributed by atoms with Crippen molar-refractivity contribution in [1.29, 1.82) is 0 Å². The number of piperidine rings is 2. The van der Waals surface area contributed by atoms with E-state index in [0.717, 1.165) is 32.1 Å². The van der Waals surface area contributed by atoms with Crippen LogP contribution in [-0.4, -0.2) is 61.5 Å². The van der Waals surface area contributed by atoms with E-state index in [0.29, 0.717) is 18.2 Å². The molecule has 4 heteroatoms. The Morgan fingerprint density at radius 2 is 2.05 bits per heavy atom. The van der Waals surface area contributed by atoms with Crippen molar-refractivity contribution in [3.63, 3.8) is 0 Å². The van der Waals surface area contributed by atoms with Crippen LogP contribution in [0, 0.1) is 5.92 Å². The second kappa shape index (κ2) is 8.74. The van der Waals surface area contributed by atoms with Crippen molar-refractivity contribution in [2.24, 2.45) is 5.92 Å². The highest BCUT2D eigenvalue weighted by Crippen LogP contribution is 2.23. The number of hydrogen-bond donors (Lipinski definition) is 1. The summed E-state index contributed by atoms with van der Waals surface area (Å²) in [6.07, 6.45) is 8.23. The third-order valence-electron chi connectivity index (χ3n) is 5.12. The van der Waals surface area contributed by atoms with E-state index in [2.05, 4.69) is 22.0 Å². The van der Waals surface area contributed by atoms with E-state index in [9.17, 15) is 4.79 Å². The first-order chi connectivity index (χ1) is 10.2. The van der Waals surface area contributed by atoms with Gasteiger partial charge in [0.1, 0.15) is 0 Å². The number of hydrogen-bond acceptors (Lipinski definition) is 3. The quantitative estimate of drug-likeness (QED) is 0.762. The van der Waals surface area contributed by atoms with Crippen LogP contribution in [0.15, 0.2) is 0 Å². The molecule has 21 heavy (non-hydrogen) atoms. The number of nitrogens with one attached hydrogen (secondary N) is 1. The molecule has 2 fully saturated rings. The van der Waals surface area contributed by atoms with Gasteiger partial charge in [0.2, 0.25) is 5.91 Å². The monoisotopic (exact) mass is 295 g/mol. The van der Waals surface area contributed by atoms with Crippen molar-refractivity contribution in [1.82, 2.24) is 15.1 Å². The maximum absolute atomic E-state index is 12.3. The summed E-state index contributed by atoms with van der Waals surface area (Å²) in [7, 11) is 1.95. The zero-order valence-electron chi connectivity index (χ0n) is 13.9.